The number of nitrogens with zero attached hydrogens (tertiary/aromatic N) is 3. The van der Waals surface area contributed by atoms with Crippen molar-refractivity contribution in [2.75, 3.05) is 0 Å². The van der Waals surface area contributed by atoms with Gasteiger partial charge in [0, 0.05) is 0 Å². The van der Waals surface area contributed by atoms with Gasteiger partial charge in [-0.1, -0.05) is 11.6 Å². The first-order valence-corrected chi connectivity index (χ1v) is 6.42. The summed E-state index contributed by atoms with van der Waals surface area (Å²) in [5.74, 6) is 0. The molecular weight excluding hydrogens is 349 g/mol. The minimum atomic E-state index is 0.451. The van der Waals surface area contributed by atoms with E-state index in [2.05, 4.69) is 27.7 Å². The third-order valence-electron chi connectivity index (χ3n) is 2.52. The number of aryl methyl sites for hydroxylation is 1. The summed E-state index contributed by atoms with van der Waals surface area (Å²) >= 11 is 8.28. The van der Waals surface area contributed by atoms with Crippen LogP contribution in [0.3, 0.4) is 0 Å². The molecule has 0 radical (unpaired) electrons. The first-order chi connectivity index (χ1) is 8.04. The number of halogens is 2. The lowest BCUT2D eigenvalue weighted by Crippen LogP contribution is -1.99. The van der Waals surface area contributed by atoms with Crippen molar-refractivity contribution in [2.24, 2.45) is 0 Å². The molecule has 0 spiro atoms. The van der Waals surface area contributed by atoms with Gasteiger partial charge in [-0.3, -0.25) is 0 Å². The summed E-state index contributed by atoms with van der Waals surface area (Å²) in [6.07, 6.45) is 0. The molecule has 86 valence electrons. The normalized spacial score (nSPS) is 10.3. The lowest BCUT2D eigenvalue weighted by molar-refractivity contribution is 0.833. The Kier molecular flexibility index (Phi) is 3.40. The zero-order chi connectivity index (χ0) is 12.6. The highest BCUT2D eigenvalue weighted by molar-refractivity contribution is 14.1. The molecule has 0 fully saturated rings. The van der Waals surface area contributed by atoms with Crippen molar-refractivity contribution in [3.63, 3.8) is 0 Å². The molecule has 0 N–H and O–H groups in total. The highest BCUT2D eigenvalue weighted by Crippen LogP contribution is 2.23. The van der Waals surface area contributed by atoms with Crippen molar-refractivity contribution in [2.45, 2.75) is 13.8 Å². The van der Waals surface area contributed by atoms with Crippen LogP contribution in [0.4, 0.5) is 0 Å². The summed E-state index contributed by atoms with van der Waals surface area (Å²) in [7, 11) is 0. The molecule has 0 aliphatic rings. The first kappa shape index (κ1) is 12.4. The fraction of sp³-hybridized carbons (Fsp3) is 0.167. The van der Waals surface area contributed by atoms with Gasteiger partial charge in [0.05, 0.1) is 31.2 Å². The van der Waals surface area contributed by atoms with Gasteiger partial charge in [0.1, 0.15) is 6.07 Å². The van der Waals surface area contributed by atoms with Crippen LogP contribution in [0.2, 0.25) is 5.02 Å². The topological polar surface area (TPSA) is 41.6 Å². The Morgan fingerprint density at radius 3 is 2.59 bits per heavy atom. The maximum absolute atomic E-state index is 8.82. The standard InChI is InChI=1S/C12H9ClIN3/c1-7-12(14)8(2)17(16-7)10-4-3-9(6-15)11(13)5-10/h3-5H,1-2H3. The van der Waals surface area contributed by atoms with E-state index in [1.165, 1.54) is 0 Å². The van der Waals surface area contributed by atoms with Crippen LogP contribution in [0.5, 0.6) is 0 Å². The van der Waals surface area contributed by atoms with E-state index in [4.69, 9.17) is 16.9 Å². The maximum Gasteiger partial charge on any atom is 0.101 e. The van der Waals surface area contributed by atoms with Gasteiger partial charge >= 0.3 is 0 Å². The molecule has 0 amide bonds. The van der Waals surface area contributed by atoms with Gasteiger partial charge in [-0.05, 0) is 54.6 Å². The van der Waals surface area contributed by atoms with Crippen molar-refractivity contribution in [1.82, 2.24) is 9.78 Å². The molecule has 1 heterocycles. The zero-order valence-corrected chi connectivity index (χ0v) is 12.2. The molecule has 0 bridgehead atoms. The second-order valence-corrected chi connectivity index (χ2v) is 5.16. The number of aromatic nitrogens is 2. The van der Waals surface area contributed by atoms with E-state index >= 15 is 0 Å². The van der Waals surface area contributed by atoms with Gasteiger partial charge in [0.25, 0.3) is 0 Å². The fourth-order valence-electron chi connectivity index (χ4n) is 1.60. The van der Waals surface area contributed by atoms with Crippen molar-refractivity contribution >= 4 is 34.2 Å². The van der Waals surface area contributed by atoms with Crippen molar-refractivity contribution in [3.05, 3.63) is 43.7 Å². The molecule has 0 aliphatic carbocycles. The number of hydrogen-bond acceptors (Lipinski definition) is 2. The van der Waals surface area contributed by atoms with Gasteiger partial charge < -0.3 is 0 Å². The van der Waals surface area contributed by atoms with E-state index in [0.717, 1.165) is 20.6 Å². The third kappa shape index (κ3) is 2.17. The highest BCUT2D eigenvalue weighted by Gasteiger charge is 2.11. The molecule has 2 aromatic rings. The summed E-state index contributed by atoms with van der Waals surface area (Å²) < 4.78 is 2.98. The predicted octanol–water partition coefficient (Wildman–Crippen LogP) is 3.62. The monoisotopic (exact) mass is 357 g/mol. The SMILES string of the molecule is Cc1nn(-c2ccc(C#N)c(Cl)c2)c(C)c1I. The Bertz CT molecular complexity index is 625. The Morgan fingerprint density at radius 1 is 1.41 bits per heavy atom. The van der Waals surface area contributed by atoms with E-state index < -0.39 is 0 Å². The fourth-order valence-corrected chi connectivity index (χ4v) is 2.15. The van der Waals surface area contributed by atoms with Gasteiger partial charge in [0.2, 0.25) is 0 Å². The molecule has 0 saturated heterocycles. The largest absolute Gasteiger partial charge is 0.237 e. The van der Waals surface area contributed by atoms with Crippen LogP contribution in [0.25, 0.3) is 5.69 Å². The van der Waals surface area contributed by atoms with E-state index in [9.17, 15) is 0 Å². The average molecular weight is 358 g/mol. The molecule has 1 aromatic carbocycles. The molecule has 5 heteroatoms. The molecule has 3 nitrogen and oxygen atoms in total. The van der Waals surface area contributed by atoms with Crippen molar-refractivity contribution in [3.8, 4) is 11.8 Å². The lowest BCUT2D eigenvalue weighted by Gasteiger charge is -2.05. The minimum Gasteiger partial charge on any atom is -0.237 e. The number of benzene rings is 1. The molecule has 0 saturated carbocycles. The summed E-state index contributed by atoms with van der Waals surface area (Å²) in [5, 5.41) is 13.7. The Labute approximate surface area is 118 Å². The van der Waals surface area contributed by atoms with Gasteiger partial charge in [-0.2, -0.15) is 10.4 Å². The summed E-state index contributed by atoms with van der Waals surface area (Å²) in [6, 6.07) is 7.36. The zero-order valence-electron chi connectivity index (χ0n) is 9.33. The average Bonchev–Trinajstić information content (AvgIpc) is 2.57. The summed E-state index contributed by atoms with van der Waals surface area (Å²) in [6.45, 7) is 3.98. The number of rotatable bonds is 1. The van der Waals surface area contributed by atoms with E-state index in [0.29, 0.717) is 10.6 Å². The van der Waals surface area contributed by atoms with Crippen LogP contribution >= 0.6 is 34.2 Å². The van der Waals surface area contributed by atoms with Crippen molar-refractivity contribution < 1.29 is 0 Å². The van der Waals surface area contributed by atoms with Crippen LogP contribution in [-0.4, -0.2) is 9.78 Å². The molecule has 17 heavy (non-hydrogen) atoms. The molecule has 1 aromatic heterocycles. The Hall–Kier alpha value is -1.06. The predicted molar refractivity (Wildman–Crippen MR) is 75.5 cm³/mol. The van der Waals surface area contributed by atoms with Gasteiger partial charge in [0.15, 0.2) is 0 Å². The second-order valence-electron chi connectivity index (χ2n) is 3.67. The molecular formula is C12H9ClIN3. The summed E-state index contributed by atoms with van der Waals surface area (Å²) in [4.78, 5) is 0. The Balaban J connectivity index is 2.58. The van der Waals surface area contributed by atoms with Crippen LogP contribution in [0.1, 0.15) is 17.0 Å². The quantitative estimate of drug-likeness (QED) is 0.732. The number of hydrogen-bond donors (Lipinski definition) is 0. The second kappa shape index (κ2) is 4.67. The van der Waals surface area contributed by atoms with Crippen LogP contribution < -0.4 is 0 Å². The highest BCUT2D eigenvalue weighted by atomic mass is 127. The molecule has 2 rings (SSSR count). The third-order valence-corrected chi connectivity index (χ3v) is 4.39. The molecule has 0 unspecified atom stereocenters. The molecule has 0 atom stereocenters. The van der Waals surface area contributed by atoms with Crippen LogP contribution in [0.15, 0.2) is 18.2 Å². The first-order valence-electron chi connectivity index (χ1n) is 4.96. The van der Waals surface area contributed by atoms with E-state index in [1.807, 2.05) is 30.7 Å². The van der Waals surface area contributed by atoms with E-state index in [-0.39, 0.29) is 0 Å². The maximum atomic E-state index is 8.82. The Morgan fingerprint density at radius 2 is 2.12 bits per heavy atom. The van der Waals surface area contributed by atoms with Crippen LogP contribution in [-0.2, 0) is 0 Å². The van der Waals surface area contributed by atoms with E-state index in [1.54, 1.807) is 12.1 Å². The van der Waals surface area contributed by atoms with Crippen molar-refractivity contribution in [1.29, 1.82) is 5.26 Å². The minimum absolute atomic E-state index is 0.451. The van der Waals surface area contributed by atoms with Gasteiger partial charge in [-0.25, -0.2) is 4.68 Å². The summed E-state index contributed by atoms with van der Waals surface area (Å²) in [5.41, 5.74) is 3.41. The lowest BCUT2D eigenvalue weighted by atomic mass is 10.2. The number of nitriles is 1. The van der Waals surface area contributed by atoms with Crippen LogP contribution in [0, 0.1) is 28.7 Å². The van der Waals surface area contributed by atoms with Gasteiger partial charge in [-0.15, -0.1) is 0 Å². The smallest absolute Gasteiger partial charge is 0.101 e. The molecule has 0 aliphatic heterocycles.